The molecule has 15 heavy (non-hydrogen) atoms. The lowest BCUT2D eigenvalue weighted by atomic mass is 10.2. The first-order valence-electron chi connectivity index (χ1n) is 6.29. The summed E-state index contributed by atoms with van der Waals surface area (Å²) in [5.74, 6) is 0. The van der Waals surface area contributed by atoms with Crippen molar-refractivity contribution in [2.45, 2.75) is 45.8 Å². The molecule has 1 rings (SSSR count). The van der Waals surface area contributed by atoms with Gasteiger partial charge in [0.15, 0.2) is 0 Å². The van der Waals surface area contributed by atoms with Gasteiger partial charge in [0, 0.05) is 19.1 Å². The second kappa shape index (κ2) is 7.20. The van der Waals surface area contributed by atoms with E-state index in [4.69, 9.17) is 4.74 Å². The zero-order valence-corrected chi connectivity index (χ0v) is 10.5. The summed E-state index contributed by atoms with van der Waals surface area (Å²) in [5.41, 5.74) is 0. The van der Waals surface area contributed by atoms with E-state index in [9.17, 15) is 0 Å². The molecule has 3 nitrogen and oxygen atoms in total. The number of hydrogen-bond donors (Lipinski definition) is 1. The van der Waals surface area contributed by atoms with Gasteiger partial charge in [0.1, 0.15) is 0 Å². The fraction of sp³-hybridized carbons (Fsp3) is 1.00. The van der Waals surface area contributed by atoms with E-state index in [1.165, 1.54) is 32.5 Å². The molecule has 0 saturated carbocycles. The predicted octanol–water partition coefficient (Wildman–Crippen LogP) is 1.49. The molecular formula is C12H26N2O. The summed E-state index contributed by atoms with van der Waals surface area (Å²) in [7, 11) is 0. The number of nitrogens with zero attached hydrogens (tertiary/aromatic N) is 1. The fourth-order valence-electron chi connectivity index (χ4n) is 1.97. The fourth-order valence-corrected chi connectivity index (χ4v) is 1.97. The lowest BCUT2D eigenvalue weighted by Gasteiger charge is -2.23. The Morgan fingerprint density at radius 3 is 2.93 bits per heavy atom. The van der Waals surface area contributed by atoms with E-state index in [0.29, 0.717) is 12.1 Å². The Balaban J connectivity index is 2.20. The topological polar surface area (TPSA) is 24.5 Å². The highest BCUT2D eigenvalue weighted by Crippen LogP contribution is 2.03. The van der Waals surface area contributed by atoms with Gasteiger partial charge in [-0.05, 0) is 39.8 Å². The zero-order chi connectivity index (χ0) is 11.1. The molecule has 0 aliphatic carbocycles. The minimum atomic E-state index is 0.358. The Bertz CT molecular complexity index is 162. The van der Waals surface area contributed by atoms with E-state index in [-0.39, 0.29) is 0 Å². The summed E-state index contributed by atoms with van der Waals surface area (Å²) in [6, 6.07) is 0.673. The van der Waals surface area contributed by atoms with Gasteiger partial charge >= 0.3 is 0 Å². The van der Waals surface area contributed by atoms with Crippen molar-refractivity contribution >= 4 is 0 Å². The Morgan fingerprint density at radius 1 is 1.47 bits per heavy atom. The van der Waals surface area contributed by atoms with Gasteiger partial charge in [0.25, 0.3) is 0 Å². The Kier molecular flexibility index (Phi) is 6.22. The van der Waals surface area contributed by atoms with Crippen molar-refractivity contribution in [3.63, 3.8) is 0 Å². The monoisotopic (exact) mass is 214 g/mol. The van der Waals surface area contributed by atoms with E-state index in [1.807, 2.05) is 0 Å². The Hall–Kier alpha value is -0.120. The molecule has 1 aliphatic heterocycles. The van der Waals surface area contributed by atoms with Crippen molar-refractivity contribution in [1.29, 1.82) is 0 Å². The van der Waals surface area contributed by atoms with Gasteiger partial charge in [0.2, 0.25) is 0 Å². The van der Waals surface area contributed by atoms with Crippen LogP contribution in [-0.4, -0.2) is 49.8 Å². The van der Waals surface area contributed by atoms with Gasteiger partial charge in [-0.2, -0.15) is 0 Å². The molecule has 0 aromatic rings. The standard InChI is InChI=1S/C12H26N2O/c1-4-12-10-14(7-5-6-13-12)8-9-15-11(2)3/h11-13H,4-10H2,1-3H3. The van der Waals surface area contributed by atoms with Crippen molar-refractivity contribution in [2.24, 2.45) is 0 Å². The van der Waals surface area contributed by atoms with Crippen molar-refractivity contribution in [3.8, 4) is 0 Å². The number of nitrogens with one attached hydrogen (secondary N) is 1. The normalized spacial score (nSPS) is 24.4. The Labute approximate surface area is 94.2 Å². The summed E-state index contributed by atoms with van der Waals surface area (Å²) in [6.45, 7) is 12.0. The molecule has 0 aromatic carbocycles. The van der Waals surface area contributed by atoms with Crippen LogP contribution in [0.5, 0.6) is 0 Å². The molecule has 1 aliphatic rings. The summed E-state index contributed by atoms with van der Waals surface area (Å²) in [6.07, 6.45) is 2.84. The maximum absolute atomic E-state index is 5.59. The van der Waals surface area contributed by atoms with E-state index in [2.05, 4.69) is 31.0 Å². The van der Waals surface area contributed by atoms with Crippen molar-refractivity contribution < 1.29 is 4.74 Å². The van der Waals surface area contributed by atoms with Crippen LogP contribution in [0.1, 0.15) is 33.6 Å². The highest BCUT2D eigenvalue weighted by molar-refractivity contribution is 4.75. The van der Waals surface area contributed by atoms with Gasteiger partial charge in [-0.15, -0.1) is 0 Å². The lowest BCUT2D eigenvalue weighted by Crippen LogP contribution is -2.38. The lowest BCUT2D eigenvalue weighted by molar-refractivity contribution is 0.0586. The van der Waals surface area contributed by atoms with Crippen molar-refractivity contribution in [1.82, 2.24) is 10.2 Å². The number of ether oxygens (including phenoxy) is 1. The van der Waals surface area contributed by atoms with Crippen LogP contribution in [0.15, 0.2) is 0 Å². The van der Waals surface area contributed by atoms with Crippen LogP contribution in [-0.2, 0) is 4.74 Å². The average molecular weight is 214 g/mol. The molecule has 1 N–H and O–H groups in total. The molecule has 1 saturated heterocycles. The van der Waals surface area contributed by atoms with Crippen LogP contribution in [0.25, 0.3) is 0 Å². The first kappa shape index (κ1) is 12.9. The third-order valence-electron chi connectivity index (χ3n) is 2.91. The third-order valence-corrected chi connectivity index (χ3v) is 2.91. The molecule has 0 spiro atoms. The molecule has 1 unspecified atom stereocenters. The molecule has 90 valence electrons. The summed E-state index contributed by atoms with van der Waals surface area (Å²) >= 11 is 0. The molecule has 3 heteroatoms. The van der Waals surface area contributed by atoms with Gasteiger partial charge in [-0.3, -0.25) is 4.90 Å². The second-order valence-corrected chi connectivity index (χ2v) is 4.63. The third kappa shape index (κ3) is 5.50. The zero-order valence-electron chi connectivity index (χ0n) is 10.5. The van der Waals surface area contributed by atoms with Crippen LogP contribution in [0.4, 0.5) is 0 Å². The molecule has 1 atom stereocenters. The second-order valence-electron chi connectivity index (χ2n) is 4.63. The SMILES string of the molecule is CCC1CN(CCOC(C)C)CCCN1. The van der Waals surface area contributed by atoms with Gasteiger partial charge < -0.3 is 10.1 Å². The molecule has 0 aromatic heterocycles. The Morgan fingerprint density at radius 2 is 2.27 bits per heavy atom. The highest BCUT2D eigenvalue weighted by Gasteiger charge is 2.15. The summed E-state index contributed by atoms with van der Waals surface area (Å²) in [4.78, 5) is 2.52. The number of hydrogen-bond acceptors (Lipinski definition) is 3. The first-order chi connectivity index (χ1) is 7.22. The predicted molar refractivity (Wildman–Crippen MR) is 64.2 cm³/mol. The maximum atomic E-state index is 5.59. The van der Waals surface area contributed by atoms with E-state index in [0.717, 1.165) is 13.2 Å². The van der Waals surface area contributed by atoms with Crippen LogP contribution < -0.4 is 5.32 Å². The summed E-state index contributed by atoms with van der Waals surface area (Å²) < 4.78 is 5.59. The smallest absolute Gasteiger partial charge is 0.0596 e. The molecule has 0 radical (unpaired) electrons. The largest absolute Gasteiger partial charge is 0.377 e. The molecular weight excluding hydrogens is 188 g/mol. The highest BCUT2D eigenvalue weighted by atomic mass is 16.5. The number of rotatable bonds is 5. The van der Waals surface area contributed by atoms with Gasteiger partial charge in [0.05, 0.1) is 12.7 Å². The minimum absolute atomic E-state index is 0.358. The quantitative estimate of drug-likeness (QED) is 0.750. The molecule has 1 heterocycles. The average Bonchev–Trinajstić information content (AvgIpc) is 2.42. The van der Waals surface area contributed by atoms with Crippen LogP contribution in [0, 0.1) is 0 Å². The van der Waals surface area contributed by atoms with Crippen LogP contribution in [0.2, 0.25) is 0 Å². The summed E-state index contributed by atoms with van der Waals surface area (Å²) in [5, 5.41) is 3.58. The van der Waals surface area contributed by atoms with Crippen molar-refractivity contribution in [2.75, 3.05) is 32.8 Å². The maximum Gasteiger partial charge on any atom is 0.0596 e. The van der Waals surface area contributed by atoms with E-state index in [1.54, 1.807) is 0 Å². The van der Waals surface area contributed by atoms with Crippen LogP contribution >= 0.6 is 0 Å². The molecule has 0 bridgehead atoms. The van der Waals surface area contributed by atoms with Crippen molar-refractivity contribution in [3.05, 3.63) is 0 Å². The molecule has 1 fully saturated rings. The van der Waals surface area contributed by atoms with Gasteiger partial charge in [-0.25, -0.2) is 0 Å². The van der Waals surface area contributed by atoms with E-state index >= 15 is 0 Å². The minimum Gasteiger partial charge on any atom is -0.377 e. The van der Waals surface area contributed by atoms with E-state index < -0.39 is 0 Å². The van der Waals surface area contributed by atoms with Gasteiger partial charge in [-0.1, -0.05) is 6.92 Å². The first-order valence-corrected chi connectivity index (χ1v) is 6.29. The molecule has 0 amide bonds. The van der Waals surface area contributed by atoms with Crippen LogP contribution in [0.3, 0.4) is 0 Å².